The van der Waals surface area contributed by atoms with Crippen LogP contribution in [0.4, 0.5) is 5.69 Å². The van der Waals surface area contributed by atoms with Crippen LogP contribution in [-0.4, -0.2) is 10.1 Å². The third kappa shape index (κ3) is 4.16. The second-order valence-corrected chi connectivity index (χ2v) is 6.21. The summed E-state index contributed by atoms with van der Waals surface area (Å²) < 4.78 is 18.3. The molecule has 0 aliphatic heterocycles. The van der Waals surface area contributed by atoms with Crippen molar-refractivity contribution in [2.45, 2.75) is 11.5 Å². The molecule has 0 radical (unpaired) electrons. The highest BCUT2D eigenvalue weighted by Crippen LogP contribution is 2.23. The lowest BCUT2D eigenvalue weighted by molar-refractivity contribution is 0.166. The quantitative estimate of drug-likeness (QED) is 0.850. The van der Waals surface area contributed by atoms with Crippen molar-refractivity contribution in [1.82, 2.24) is 0 Å². The minimum Gasteiger partial charge on any atom is -0.399 e. The van der Waals surface area contributed by atoms with E-state index < -0.39 is 10.8 Å². The molecule has 3 nitrogen and oxygen atoms in total. The largest absolute Gasteiger partial charge is 0.399 e. The van der Waals surface area contributed by atoms with Crippen molar-refractivity contribution in [2.75, 3.05) is 11.7 Å². The molecule has 2 aromatic carbocycles. The number of ether oxygens (including phenoxy) is 1. The second kappa shape index (κ2) is 6.84. The van der Waals surface area contributed by atoms with Crippen LogP contribution in [-0.2, 0) is 22.1 Å². The van der Waals surface area contributed by atoms with Crippen LogP contribution in [0.5, 0.6) is 0 Å². The van der Waals surface area contributed by atoms with Gasteiger partial charge in [-0.25, -0.2) is 0 Å². The Labute approximate surface area is 123 Å². The molecule has 0 aliphatic rings. The summed E-state index contributed by atoms with van der Waals surface area (Å²) >= 11 is 3.36. The highest BCUT2D eigenvalue weighted by Gasteiger charge is 2.08. The molecular formula is C14H14BrNO2S. The van der Waals surface area contributed by atoms with Gasteiger partial charge in [-0.05, 0) is 39.7 Å². The van der Waals surface area contributed by atoms with Crippen molar-refractivity contribution in [3.63, 3.8) is 0 Å². The van der Waals surface area contributed by atoms with E-state index in [9.17, 15) is 4.21 Å². The van der Waals surface area contributed by atoms with E-state index in [0.29, 0.717) is 17.2 Å². The first kappa shape index (κ1) is 14.2. The zero-order chi connectivity index (χ0) is 13.7. The lowest BCUT2D eigenvalue weighted by Gasteiger charge is -2.07. The van der Waals surface area contributed by atoms with Gasteiger partial charge in [0.05, 0.1) is 22.3 Å². The van der Waals surface area contributed by atoms with Gasteiger partial charge < -0.3 is 10.5 Å². The van der Waals surface area contributed by atoms with Gasteiger partial charge in [0.1, 0.15) is 5.94 Å². The standard InChI is InChI=1S/C14H14BrNO2S/c15-13-8-12(16)6-7-14(13)19(17)10-18-9-11-4-2-1-3-5-11/h1-8H,9-10,16H2. The zero-order valence-corrected chi connectivity index (χ0v) is 12.6. The maximum Gasteiger partial charge on any atom is 0.127 e. The second-order valence-electron chi connectivity index (χ2n) is 3.99. The number of nitrogen functional groups attached to an aromatic ring is 1. The highest BCUT2D eigenvalue weighted by atomic mass is 79.9. The number of hydrogen-bond donors (Lipinski definition) is 1. The molecule has 2 N–H and O–H groups in total. The number of halogens is 1. The van der Waals surface area contributed by atoms with Gasteiger partial charge >= 0.3 is 0 Å². The third-order valence-electron chi connectivity index (χ3n) is 2.50. The molecule has 0 spiro atoms. The Hall–Kier alpha value is -1.17. The molecule has 5 heteroatoms. The summed E-state index contributed by atoms with van der Waals surface area (Å²) in [5, 5.41) is 0. The fourth-order valence-corrected chi connectivity index (χ4v) is 3.37. The van der Waals surface area contributed by atoms with Crippen LogP contribution in [0.15, 0.2) is 57.9 Å². The Morgan fingerprint density at radius 3 is 2.58 bits per heavy atom. The van der Waals surface area contributed by atoms with E-state index in [1.807, 2.05) is 30.3 Å². The Morgan fingerprint density at radius 2 is 1.89 bits per heavy atom. The highest BCUT2D eigenvalue weighted by molar-refractivity contribution is 9.10. The molecule has 0 bridgehead atoms. The summed E-state index contributed by atoms with van der Waals surface area (Å²) in [7, 11) is -1.20. The van der Waals surface area contributed by atoms with Gasteiger partial charge in [-0.2, -0.15) is 0 Å². The summed E-state index contributed by atoms with van der Waals surface area (Å²) in [6, 6.07) is 15.0. The van der Waals surface area contributed by atoms with Gasteiger partial charge in [-0.3, -0.25) is 4.21 Å². The predicted octanol–water partition coefficient (Wildman–Crippen LogP) is 3.31. The molecule has 0 aromatic heterocycles. The number of hydrogen-bond acceptors (Lipinski definition) is 3. The van der Waals surface area contributed by atoms with Gasteiger partial charge in [0.15, 0.2) is 0 Å². The Kier molecular flexibility index (Phi) is 5.13. The van der Waals surface area contributed by atoms with Crippen LogP contribution in [0.3, 0.4) is 0 Å². The maximum atomic E-state index is 12.1. The maximum absolute atomic E-state index is 12.1. The van der Waals surface area contributed by atoms with Crippen LogP contribution in [0, 0.1) is 0 Å². The van der Waals surface area contributed by atoms with Gasteiger partial charge in [-0.1, -0.05) is 30.3 Å². The molecule has 0 fully saturated rings. The summed E-state index contributed by atoms with van der Waals surface area (Å²) in [6.07, 6.45) is 0. The first-order chi connectivity index (χ1) is 9.16. The van der Waals surface area contributed by atoms with Crippen LogP contribution in [0.2, 0.25) is 0 Å². The van der Waals surface area contributed by atoms with E-state index in [-0.39, 0.29) is 5.94 Å². The van der Waals surface area contributed by atoms with Crippen LogP contribution in [0.1, 0.15) is 5.56 Å². The molecule has 0 heterocycles. The fourth-order valence-electron chi connectivity index (χ4n) is 1.57. The van der Waals surface area contributed by atoms with Crippen LogP contribution >= 0.6 is 15.9 Å². The normalized spacial score (nSPS) is 12.3. The number of rotatable bonds is 5. The van der Waals surface area contributed by atoms with Crippen molar-refractivity contribution in [3.05, 3.63) is 58.6 Å². The van der Waals surface area contributed by atoms with Crippen molar-refractivity contribution in [3.8, 4) is 0 Å². The molecule has 0 amide bonds. The fraction of sp³-hybridized carbons (Fsp3) is 0.143. The smallest absolute Gasteiger partial charge is 0.127 e. The van der Waals surface area contributed by atoms with Crippen LogP contribution in [0.25, 0.3) is 0 Å². The van der Waals surface area contributed by atoms with Gasteiger partial charge in [0.2, 0.25) is 0 Å². The van der Waals surface area contributed by atoms with E-state index in [1.165, 1.54) is 0 Å². The summed E-state index contributed by atoms with van der Waals surface area (Å²) in [5.74, 6) is 0.164. The Bertz CT molecular complexity index is 575. The van der Waals surface area contributed by atoms with E-state index in [2.05, 4.69) is 15.9 Å². The molecule has 0 aliphatic carbocycles. The molecule has 2 aromatic rings. The van der Waals surface area contributed by atoms with Gasteiger partial charge in [0.25, 0.3) is 0 Å². The minimum absolute atomic E-state index is 0.164. The Morgan fingerprint density at radius 1 is 1.16 bits per heavy atom. The molecule has 19 heavy (non-hydrogen) atoms. The van der Waals surface area contributed by atoms with E-state index >= 15 is 0 Å². The summed E-state index contributed by atoms with van der Waals surface area (Å²) in [6.45, 7) is 0.458. The summed E-state index contributed by atoms with van der Waals surface area (Å²) in [5.41, 5.74) is 7.35. The lowest BCUT2D eigenvalue weighted by atomic mass is 10.2. The van der Waals surface area contributed by atoms with Crippen molar-refractivity contribution in [1.29, 1.82) is 0 Å². The Balaban J connectivity index is 1.91. The van der Waals surface area contributed by atoms with Crippen molar-refractivity contribution < 1.29 is 8.95 Å². The molecule has 2 rings (SSSR count). The molecule has 0 saturated carbocycles. The topological polar surface area (TPSA) is 52.3 Å². The number of nitrogens with two attached hydrogens (primary N) is 1. The van der Waals surface area contributed by atoms with E-state index in [1.54, 1.807) is 18.2 Å². The van der Waals surface area contributed by atoms with Crippen molar-refractivity contribution >= 4 is 32.4 Å². The van der Waals surface area contributed by atoms with Crippen LogP contribution < -0.4 is 5.73 Å². The average Bonchev–Trinajstić information content (AvgIpc) is 2.39. The van der Waals surface area contributed by atoms with E-state index in [4.69, 9.17) is 10.5 Å². The third-order valence-corrected chi connectivity index (χ3v) is 4.65. The monoisotopic (exact) mass is 339 g/mol. The predicted molar refractivity (Wildman–Crippen MR) is 81.1 cm³/mol. The lowest BCUT2D eigenvalue weighted by Crippen LogP contribution is -2.04. The van der Waals surface area contributed by atoms with E-state index in [0.717, 1.165) is 10.0 Å². The molecule has 100 valence electrons. The van der Waals surface area contributed by atoms with Gasteiger partial charge in [0, 0.05) is 10.2 Å². The zero-order valence-electron chi connectivity index (χ0n) is 10.2. The number of anilines is 1. The SMILES string of the molecule is Nc1ccc(S(=O)COCc2ccccc2)c(Br)c1. The van der Waals surface area contributed by atoms with Crippen molar-refractivity contribution in [2.24, 2.45) is 0 Å². The number of benzene rings is 2. The minimum atomic E-state index is -1.20. The first-order valence-electron chi connectivity index (χ1n) is 5.72. The molecule has 1 atom stereocenters. The molecule has 1 unspecified atom stereocenters. The first-order valence-corrected chi connectivity index (χ1v) is 7.83. The molecule has 0 saturated heterocycles. The average molecular weight is 340 g/mol. The summed E-state index contributed by atoms with van der Waals surface area (Å²) in [4.78, 5) is 0.697. The molecular weight excluding hydrogens is 326 g/mol. The van der Waals surface area contributed by atoms with Gasteiger partial charge in [-0.15, -0.1) is 0 Å².